The van der Waals surface area contributed by atoms with E-state index in [4.69, 9.17) is 4.74 Å². The Kier molecular flexibility index (Phi) is 3.42. The Morgan fingerprint density at radius 1 is 1.13 bits per heavy atom. The summed E-state index contributed by atoms with van der Waals surface area (Å²) >= 11 is 0. The summed E-state index contributed by atoms with van der Waals surface area (Å²) in [6, 6.07) is 11.0. The van der Waals surface area contributed by atoms with Gasteiger partial charge in [0.1, 0.15) is 0 Å². The van der Waals surface area contributed by atoms with Crippen LogP contribution in [0.1, 0.15) is 38.2 Å². The second-order valence-electron chi connectivity index (χ2n) is 4.51. The molecule has 2 rings (SSSR count). The van der Waals surface area contributed by atoms with Crippen LogP contribution < -0.4 is 0 Å². The first kappa shape index (κ1) is 10.7. The first-order valence-corrected chi connectivity index (χ1v) is 6.01. The largest absolute Gasteiger partial charge is 0.381 e. The van der Waals surface area contributed by atoms with Crippen LogP contribution >= 0.6 is 0 Å². The van der Waals surface area contributed by atoms with Crippen LogP contribution in [-0.2, 0) is 10.2 Å². The fourth-order valence-corrected chi connectivity index (χ4v) is 2.72. The molecule has 1 aromatic rings. The average Bonchev–Trinajstić information content (AvgIpc) is 2.32. The van der Waals surface area contributed by atoms with Crippen molar-refractivity contribution in [2.24, 2.45) is 0 Å². The lowest BCUT2D eigenvalue weighted by Gasteiger charge is -2.37. The molecule has 0 N–H and O–H groups in total. The molecule has 1 heterocycles. The van der Waals surface area contributed by atoms with E-state index in [2.05, 4.69) is 37.3 Å². The normalized spacial score (nSPS) is 20.1. The number of ether oxygens (including phenoxy) is 1. The summed E-state index contributed by atoms with van der Waals surface area (Å²) in [5, 5.41) is 0. The molecule has 1 aliphatic heterocycles. The van der Waals surface area contributed by atoms with Crippen molar-refractivity contribution < 1.29 is 4.74 Å². The van der Waals surface area contributed by atoms with E-state index in [1.165, 1.54) is 31.2 Å². The number of rotatable bonds is 3. The van der Waals surface area contributed by atoms with Crippen LogP contribution in [0.5, 0.6) is 0 Å². The van der Waals surface area contributed by atoms with Crippen LogP contribution in [-0.4, -0.2) is 13.2 Å². The van der Waals surface area contributed by atoms with E-state index in [0.29, 0.717) is 5.41 Å². The number of hydrogen-bond acceptors (Lipinski definition) is 1. The summed E-state index contributed by atoms with van der Waals surface area (Å²) < 4.78 is 5.49. The number of hydrogen-bond donors (Lipinski definition) is 0. The minimum Gasteiger partial charge on any atom is -0.381 e. The van der Waals surface area contributed by atoms with Crippen molar-refractivity contribution in [2.45, 2.75) is 38.0 Å². The molecular formula is C14H20O. The second kappa shape index (κ2) is 4.80. The molecule has 0 atom stereocenters. The Balaban J connectivity index is 2.25. The van der Waals surface area contributed by atoms with Crippen LogP contribution in [0.2, 0.25) is 0 Å². The third kappa shape index (κ3) is 2.23. The van der Waals surface area contributed by atoms with E-state index in [1.54, 1.807) is 0 Å². The van der Waals surface area contributed by atoms with Gasteiger partial charge < -0.3 is 4.74 Å². The summed E-state index contributed by atoms with van der Waals surface area (Å²) in [7, 11) is 0. The van der Waals surface area contributed by atoms with Crippen LogP contribution in [0.4, 0.5) is 0 Å². The SMILES string of the molecule is CCCC1(c2ccccc2)CCOCC1. The molecule has 82 valence electrons. The molecule has 0 radical (unpaired) electrons. The molecule has 0 saturated carbocycles. The first-order chi connectivity index (χ1) is 7.37. The Morgan fingerprint density at radius 3 is 2.40 bits per heavy atom. The summed E-state index contributed by atoms with van der Waals surface area (Å²) in [6.45, 7) is 4.13. The van der Waals surface area contributed by atoms with Gasteiger partial charge in [-0.15, -0.1) is 0 Å². The molecule has 0 spiro atoms. The lowest BCUT2D eigenvalue weighted by Crippen LogP contribution is -2.33. The Bertz CT molecular complexity index is 280. The van der Waals surface area contributed by atoms with Gasteiger partial charge in [0.25, 0.3) is 0 Å². The van der Waals surface area contributed by atoms with Gasteiger partial charge in [0.2, 0.25) is 0 Å². The van der Waals surface area contributed by atoms with Gasteiger partial charge in [-0.2, -0.15) is 0 Å². The van der Waals surface area contributed by atoms with Crippen molar-refractivity contribution in [2.75, 3.05) is 13.2 Å². The zero-order valence-electron chi connectivity index (χ0n) is 9.54. The van der Waals surface area contributed by atoms with Gasteiger partial charge in [-0.1, -0.05) is 43.7 Å². The van der Waals surface area contributed by atoms with Crippen molar-refractivity contribution in [1.29, 1.82) is 0 Å². The summed E-state index contributed by atoms with van der Waals surface area (Å²) in [6.07, 6.45) is 4.92. The van der Waals surface area contributed by atoms with E-state index < -0.39 is 0 Å². The highest BCUT2D eigenvalue weighted by Crippen LogP contribution is 2.38. The minimum atomic E-state index is 0.397. The maximum absolute atomic E-state index is 5.49. The molecule has 1 fully saturated rings. The van der Waals surface area contributed by atoms with Gasteiger partial charge in [0, 0.05) is 13.2 Å². The maximum Gasteiger partial charge on any atom is 0.0474 e. The maximum atomic E-state index is 5.49. The number of benzene rings is 1. The van der Waals surface area contributed by atoms with Crippen LogP contribution in [0.3, 0.4) is 0 Å². The molecule has 0 aliphatic carbocycles. The standard InChI is InChI=1S/C14H20O/c1-2-8-14(9-11-15-12-10-14)13-6-4-3-5-7-13/h3-7H,2,8-12H2,1H3. The Hall–Kier alpha value is -0.820. The van der Waals surface area contributed by atoms with Crippen LogP contribution in [0.15, 0.2) is 30.3 Å². The lowest BCUT2D eigenvalue weighted by atomic mass is 9.71. The van der Waals surface area contributed by atoms with E-state index in [9.17, 15) is 0 Å². The molecule has 1 aliphatic rings. The van der Waals surface area contributed by atoms with E-state index >= 15 is 0 Å². The quantitative estimate of drug-likeness (QED) is 0.731. The smallest absolute Gasteiger partial charge is 0.0474 e. The summed E-state index contributed by atoms with van der Waals surface area (Å²) in [5.74, 6) is 0. The molecule has 1 saturated heterocycles. The topological polar surface area (TPSA) is 9.23 Å². The fraction of sp³-hybridized carbons (Fsp3) is 0.571. The third-order valence-corrected chi connectivity index (χ3v) is 3.56. The van der Waals surface area contributed by atoms with Crippen LogP contribution in [0, 0.1) is 0 Å². The Labute approximate surface area is 92.5 Å². The summed E-state index contributed by atoms with van der Waals surface area (Å²) in [4.78, 5) is 0. The predicted molar refractivity (Wildman–Crippen MR) is 63.1 cm³/mol. The van der Waals surface area contributed by atoms with Gasteiger partial charge in [-0.3, -0.25) is 0 Å². The van der Waals surface area contributed by atoms with Gasteiger partial charge in [-0.05, 0) is 30.2 Å². The average molecular weight is 204 g/mol. The van der Waals surface area contributed by atoms with Gasteiger partial charge in [0.05, 0.1) is 0 Å². The fourth-order valence-electron chi connectivity index (χ4n) is 2.72. The molecular weight excluding hydrogens is 184 g/mol. The van der Waals surface area contributed by atoms with Crippen molar-refractivity contribution in [3.8, 4) is 0 Å². The zero-order valence-corrected chi connectivity index (χ0v) is 9.54. The molecule has 1 heteroatoms. The van der Waals surface area contributed by atoms with Gasteiger partial charge >= 0.3 is 0 Å². The molecule has 0 bridgehead atoms. The highest BCUT2D eigenvalue weighted by Gasteiger charge is 2.32. The first-order valence-electron chi connectivity index (χ1n) is 6.01. The third-order valence-electron chi connectivity index (χ3n) is 3.56. The van der Waals surface area contributed by atoms with Crippen molar-refractivity contribution >= 4 is 0 Å². The molecule has 1 aromatic carbocycles. The molecule has 15 heavy (non-hydrogen) atoms. The summed E-state index contributed by atoms with van der Waals surface area (Å²) in [5.41, 5.74) is 1.91. The van der Waals surface area contributed by atoms with E-state index in [1.807, 2.05) is 0 Å². The van der Waals surface area contributed by atoms with Gasteiger partial charge in [0.15, 0.2) is 0 Å². The monoisotopic (exact) mass is 204 g/mol. The lowest BCUT2D eigenvalue weighted by molar-refractivity contribution is 0.0465. The van der Waals surface area contributed by atoms with E-state index in [0.717, 1.165) is 13.2 Å². The molecule has 0 aromatic heterocycles. The zero-order chi connectivity index (χ0) is 10.6. The van der Waals surface area contributed by atoms with E-state index in [-0.39, 0.29) is 0 Å². The molecule has 0 amide bonds. The van der Waals surface area contributed by atoms with Crippen molar-refractivity contribution in [1.82, 2.24) is 0 Å². The van der Waals surface area contributed by atoms with Gasteiger partial charge in [-0.25, -0.2) is 0 Å². The predicted octanol–water partition coefficient (Wildman–Crippen LogP) is 3.53. The van der Waals surface area contributed by atoms with Crippen LogP contribution in [0.25, 0.3) is 0 Å². The van der Waals surface area contributed by atoms with Crippen molar-refractivity contribution in [3.63, 3.8) is 0 Å². The molecule has 1 nitrogen and oxygen atoms in total. The van der Waals surface area contributed by atoms with Crippen molar-refractivity contribution in [3.05, 3.63) is 35.9 Å². The minimum absolute atomic E-state index is 0.397. The Morgan fingerprint density at radius 2 is 1.80 bits per heavy atom. The second-order valence-corrected chi connectivity index (χ2v) is 4.51. The highest BCUT2D eigenvalue weighted by atomic mass is 16.5. The molecule has 0 unspecified atom stereocenters. The highest BCUT2D eigenvalue weighted by molar-refractivity contribution is 5.25.